The van der Waals surface area contributed by atoms with E-state index in [1.54, 1.807) is 24.3 Å². The van der Waals surface area contributed by atoms with Crippen molar-refractivity contribution in [3.63, 3.8) is 0 Å². The van der Waals surface area contributed by atoms with Crippen LogP contribution in [-0.4, -0.2) is 48.9 Å². The van der Waals surface area contributed by atoms with E-state index in [-0.39, 0.29) is 28.7 Å². The Morgan fingerprint density at radius 3 is 2.54 bits per heavy atom. The third-order valence-corrected chi connectivity index (χ3v) is 7.92. The van der Waals surface area contributed by atoms with Crippen LogP contribution in [0.4, 0.5) is 5.69 Å². The van der Waals surface area contributed by atoms with Gasteiger partial charge in [0.2, 0.25) is 0 Å². The summed E-state index contributed by atoms with van der Waals surface area (Å²) in [7, 11) is -3.09. The first-order chi connectivity index (χ1) is 13.5. The van der Waals surface area contributed by atoms with Crippen LogP contribution in [0.2, 0.25) is 0 Å². The highest BCUT2D eigenvalue weighted by Gasteiger charge is 2.49. The molecule has 2 aliphatic heterocycles. The van der Waals surface area contributed by atoms with E-state index in [0.29, 0.717) is 17.3 Å². The normalized spacial score (nSPS) is 24.3. The van der Waals surface area contributed by atoms with E-state index < -0.39 is 9.84 Å². The Morgan fingerprint density at radius 2 is 1.86 bits per heavy atom. The molecule has 6 nitrogen and oxygen atoms in total. The quantitative estimate of drug-likeness (QED) is 0.763. The monoisotopic (exact) mass is 416 g/mol. The van der Waals surface area contributed by atoms with Crippen LogP contribution >= 0.6 is 11.8 Å². The van der Waals surface area contributed by atoms with E-state index >= 15 is 0 Å². The van der Waals surface area contributed by atoms with E-state index in [1.807, 2.05) is 42.2 Å². The van der Waals surface area contributed by atoms with Gasteiger partial charge >= 0.3 is 0 Å². The lowest BCUT2D eigenvalue weighted by molar-refractivity contribution is 0.100. The second kappa shape index (κ2) is 7.60. The molecule has 0 aromatic heterocycles. The second-order valence-electron chi connectivity index (χ2n) is 6.66. The number of fused-ring (bicyclic) bond motifs is 1. The molecule has 0 aliphatic carbocycles. The van der Waals surface area contributed by atoms with Crippen LogP contribution < -0.4 is 9.64 Å². The van der Waals surface area contributed by atoms with Gasteiger partial charge in [0.1, 0.15) is 5.75 Å². The maximum absolute atomic E-state index is 12.6. The molecule has 2 aromatic carbocycles. The summed E-state index contributed by atoms with van der Waals surface area (Å²) >= 11 is 1.37. The molecule has 2 saturated heterocycles. The first kappa shape index (κ1) is 19.0. The van der Waals surface area contributed by atoms with E-state index in [0.717, 1.165) is 11.4 Å². The smallest absolute Gasteiger partial charge is 0.279 e. The van der Waals surface area contributed by atoms with Gasteiger partial charge in [-0.05, 0) is 43.3 Å². The minimum absolute atomic E-state index is 0.0659. The molecule has 1 amide bonds. The standard InChI is InChI=1S/C20H20N2O4S2/c1-2-26-16-10-8-15(9-11-16)22-17-12-28(24,25)13-18(17)27-20(22)21-19(23)14-6-4-3-5-7-14/h3-11,17-18H,2,12-13H2,1H3/t17-,18-/m1/s1. The molecule has 0 unspecified atom stereocenters. The minimum Gasteiger partial charge on any atom is -0.494 e. The fourth-order valence-electron chi connectivity index (χ4n) is 3.47. The van der Waals surface area contributed by atoms with Gasteiger partial charge in [-0.1, -0.05) is 30.0 Å². The molecular formula is C20H20N2O4S2. The summed E-state index contributed by atoms with van der Waals surface area (Å²) in [4.78, 5) is 18.8. The van der Waals surface area contributed by atoms with Crippen LogP contribution in [0.25, 0.3) is 0 Å². The number of nitrogens with zero attached hydrogens (tertiary/aromatic N) is 2. The molecule has 2 fully saturated rings. The second-order valence-corrected chi connectivity index (χ2v) is 10.0. The van der Waals surface area contributed by atoms with Gasteiger partial charge in [-0.25, -0.2) is 8.42 Å². The van der Waals surface area contributed by atoms with E-state index in [2.05, 4.69) is 4.99 Å². The molecule has 28 heavy (non-hydrogen) atoms. The third kappa shape index (κ3) is 3.79. The van der Waals surface area contributed by atoms with Crippen molar-refractivity contribution in [3.8, 4) is 5.75 Å². The van der Waals surface area contributed by atoms with Gasteiger partial charge in [0.05, 0.1) is 24.2 Å². The van der Waals surface area contributed by atoms with Gasteiger partial charge in [-0.3, -0.25) is 4.79 Å². The average molecular weight is 417 g/mol. The predicted octanol–water partition coefficient (Wildman–Crippen LogP) is 3.00. The topological polar surface area (TPSA) is 76.0 Å². The van der Waals surface area contributed by atoms with Gasteiger partial charge in [-0.2, -0.15) is 4.99 Å². The minimum atomic E-state index is -3.09. The molecule has 8 heteroatoms. The van der Waals surface area contributed by atoms with Crippen molar-refractivity contribution in [2.75, 3.05) is 23.0 Å². The molecular weight excluding hydrogens is 396 g/mol. The average Bonchev–Trinajstić information content (AvgIpc) is 3.14. The molecule has 2 aromatic rings. The predicted molar refractivity (Wildman–Crippen MR) is 112 cm³/mol. The first-order valence-electron chi connectivity index (χ1n) is 9.04. The SMILES string of the molecule is CCOc1ccc(N2C(=NC(=O)c3ccccc3)S[C@@H]3CS(=O)(=O)C[C@H]32)cc1. The van der Waals surface area contributed by atoms with Crippen molar-refractivity contribution in [2.45, 2.75) is 18.2 Å². The van der Waals surface area contributed by atoms with Crippen LogP contribution in [0.1, 0.15) is 17.3 Å². The molecule has 146 valence electrons. The van der Waals surface area contributed by atoms with Gasteiger partial charge in [0.15, 0.2) is 15.0 Å². The molecule has 0 radical (unpaired) electrons. The lowest BCUT2D eigenvalue weighted by atomic mass is 10.2. The van der Waals surface area contributed by atoms with Crippen LogP contribution in [-0.2, 0) is 9.84 Å². The summed E-state index contributed by atoms with van der Waals surface area (Å²) in [6.07, 6.45) is 0. The molecule has 0 N–H and O–H groups in total. The number of hydrogen-bond acceptors (Lipinski definition) is 5. The Morgan fingerprint density at radius 1 is 1.14 bits per heavy atom. The summed E-state index contributed by atoms with van der Waals surface area (Å²) in [6, 6.07) is 16.1. The maximum Gasteiger partial charge on any atom is 0.279 e. The Labute approximate surface area is 168 Å². The number of aliphatic imine (C=N–C) groups is 1. The van der Waals surface area contributed by atoms with Crippen molar-refractivity contribution >= 4 is 38.4 Å². The highest BCUT2D eigenvalue weighted by Crippen LogP contribution is 2.41. The van der Waals surface area contributed by atoms with Crippen LogP contribution in [0.5, 0.6) is 5.75 Å². The summed E-state index contributed by atoms with van der Waals surface area (Å²) in [5.41, 5.74) is 1.31. The molecule has 0 spiro atoms. The van der Waals surface area contributed by atoms with Crippen molar-refractivity contribution in [3.05, 3.63) is 60.2 Å². The van der Waals surface area contributed by atoms with Gasteiger partial charge in [0.25, 0.3) is 5.91 Å². The number of hydrogen-bond donors (Lipinski definition) is 0. The highest BCUT2D eigenvalue weighted by molar-refractivity contribution is 8.16. The zero-order chi connectivity index (χ0) is 19.7. The van der Waals surface area contributed by atoms with Crippen molar-refractivity contribution in [1.82, 2.24) is 0 Å². The molecule has 0 bridgehead atoms. The molecule has 4 rings (SSSR count). The first-order valence-corrected chi connectivity index (χ1v) is 11.7. The molecule has 2 heterocycles. The third-order valence-electron chi connectivity index (χ3n) is 4.71. The number of ether oxygens (including phenoxy) is 1. The molecule has 2 atom stereocenters. The highest BCUT2D eigenvalue weighted by atomic mass is 32.2. The number of rotatable bonds is 4. The fraction of sp³-hybridized carbons (Fsp3) is 0.300. The zero-order valence-corrected chi connectivity index (χ0v) is 16.9. The summed E-state index contributed by atoms with van der Waals surface area (Å²) < 4.78 is 29.8. The Bertz CT molecular complexity index is 1000. The van der Waals surface area contributed by atoms with Gasteiger partial charge in [0, 0.05) is 16.5 Å². The number of thioether (sulfide) groups is 1. The lowest BCUT2D eigenvalue weighted by Gasteiger charge is -2.24. The lowest BCUT2D eigenvalue weighted by Crippen LogP contribution is -2.37. The Hall–Kier alpha value is -2.32. The van der Waals surface area contributed by atoms with Crippen LogP contribution in [0, 0.1) is 0 Å². The fourth-order valence-corrected chi connectivity index (χ4v) is 7.38. The van der Waals surface area contributed by atoms with Crippen LogP contribution in [0.3, 0.4) is 0 Å². The van der Waals surface area contributed by atoms with Crippen molar-refractivity contribution in [2.24, 2.45) is 4.99 Å². The number of carbonyl (C=O) groups excluding carboxylic acids is 1. The van der Waals surface area contributed by atoms with Crippen LogP contribution in [0.15, 0.2) is 59.6 Å². The summed E-state index contributed by atoms with van der Waals surface area (Å²) in [5.74, 6) is 0.583. The maximum atomic E-state index is 12.6. The van der Waals surface area contributed by atoms with Crippen molar-refractivity contribution in [1.29, 1.82) is 0 Å². The molecule has 2 aliphatic rings. The van der Waals surface area contributed by atoms with E-state index in [1.165, 1.54) is 11.8 Å². The van der Waals surface area contributed by atoms with Crippen molar-refractivity contribution < 1.29 is 17.9 Å². The van der Waals surface area contributed by atoms with E-state index in [9.17, 15) is 13.2 Å². The van der Waals surface area contributed by atoms with Gasteiger partial charge < -0.3 is 9.64 Å². The van der Waals surface area contributed by atoms with E-state index in [4.69, 9.17) is 4.74 Å². The number of amides is 1. The Balaban J connectivity index is 1.69. The zero-order valence-electron chi connectivity index (χ0n) is 15.3. The molecule has 0 saturated carbocycles. The number of anilines is 1. The summed E-state index contributed by atoms with van der Waals surface area (Å²) in [6.45, 7) is 2.49. The number of amidine groups is 1. The number of benzene rings is 2. The Kier molecular flexibility index (Phi) is 5.16. The van der Waals surface area contributed by atoms with Gasteiger partial charge in [-0.15, -0.1) is 0 Å². The summed E-state index contributed by atoms with van der Waals surface area (Å²) in [5, 5.41) is 0.418. The largest absolute Gasteiger partial charge is 0.494 e. The number of carbonyl (C=O) groups is 1. The number of sulfone groups is 1.